The van der Waals surface area contributed by atoms with E-state index in [9.17, 15) is 30.3 Å². The van der Waals surface area contributed by atoms with Crippen molar-refractivity contribution >= 4 is 41.2 Å². The fourth-order valence-electron chi connectivity index (χ4n) is 9.25. The van der Waals surface area contributed by atoms with Gasteiger partial charge in [0.15, 0.2) is 0 Å². The summed E-state index contributed by atoms with van der Waals surface area (Å²) in [5.41, 5.74) is 6.66. The molecule has 0 spiro atoms. The highest BCUT2D eigenvalue weighted by atomic mass is 16.5. The van der Waals surface area contributed by atoms with E-state index in [4.69, 9.17) is 18.9 Å². The number of aliphatic carboxylic acids is 2. The second-order valence-corrected chi connectivity index (χ2v) is 20.2. The molecule has 0 saturated heterocycles. The number of carbonyl (C=O) groups is 2. The van der Waals surface area contributed by atoms with Gasteiger partial charge in [-0.15, -0.1) is 10.2 Å². The van der Waals surface area contributed by atoms with Gasteiger partial charge in [0.25, 0.3) is 0 Å². The summed E-state index contributed by atoms with van der Waals surface area (Å²) in [4.78, 5) is 26.1. The van der Waals surface area contributed by atoms with Crippen molar-refractivity contribution in [2.75, 3.05) is 31.3 Å². The first kappa shape index (κ1) is 61.4. The molecule has 83 heavy (non-hydrogen) atoms. The van der Waals surface area contributed by atoms with Crippen LogP contribution in [0.4, 0.5) is 17.1 Å². The van der Waals surface area contributed by atoms with E-state index in [2.05, 4.69) is 53.2 Å². The van der Waals surface area contributed by atoms with Gasteiger partial charge in [0.05, 0.1) is 38.8 Å². The van der Waals surface area contributed by atoms with E-state index >= 15 is 0 Å². The van der Waals surface area contributed by atoms with Crippen molar-refractivity contribution in [1.82, 2.24) is 30.0 Å². The van der Waals surface area contributed by atoms with Gasteiger partial charge in [-0.2, -0.15) is 10.5 Å². The smallest absolute Gasteiger partial charge is 0.346 e. The second-order valence-electron chi connectivity index (χ2n) is 20.2. The molecule has 7 aromatic rings. The first-order valence-electron chi connectivity index (χ1n) is 29.1. The van der Waals surface area contributed by atoms with E-state index in [1.807, 2.05) is 91.3 Å². The van der Waals surface area contributed by atoms with Crippen LogP contribution in [0.15, 0.2) is 127 Å². The Morgan fingerprint density at radius 1 is 0.482 bits per heavy atom. The Morgan fingerprint density at radius 2 is 0.831 bits per heavy atom. The van der Waals surface area contributed by atoms with Crippen molar-refractivity contribution in [2.45, 2.75) is 130 Å². The highest BCUT2D eigenvalue weighted by Gasteiger charge is 2.21. The number of carboxylic acids is 2. The van der Waals surface area contributed by atoms with Crippen LogP contribution in [0.25, 0.3) is 46.0 Å². The Hall–Kier alpha value is -9.22. The molecule has 0 amide bonds. The average molecular weight is 1120 g/mol. The van der Waals surface area contributed by atoms with Crippen molar-refractivity contribution in [3.05, 3.63) is 138 Å². The third-order valence-electron chi connectivity index (χ3n) is 13.8. The minimum atomic E-state index is -1.33. The summed E-state index contributed by atoms with van der Waals surface area (Å²) < 4.78 is 28.6. The zero-order valence-electron chi connectivity index (χ0n) is 48.1. The van der Waals surface area contributed by atoms with Crippen LogP contribution in [0.5, 0.6) is 23.0 Å². The molecule has 0 radical (unpaired) electrons. The van der Waals surface area contributed by atoms with Crippen LogP contribution in [-0.4, -0.2) is 78.6 Å². The van der Waals surface area contributed by atoms with Crippen LogP contribution in [0.1, 0.15) is 142 Å². The molecule has 5 aromatic carbocycles. The van der Waals surface area contributed by atoms with Gasteiger partial charge in [-0.05, 0) is 86.4 Å². The lowest BCUT2D eigenvalue weighted by Gasteiger charge is -2.25. The normalized spacial score (nSPS) is 11.4. The van der Waals surface area contributed by atoms with Gasteiger partial charge in [-0.25, -0.2) is 19.0 Å². The van der Waals surface area contributed by atoms with E-state index in [0.717, 1.165) is 131 Å². The van der Waals surface area contributed by atoms with E-state index in [1.165, 1.54) is 12.2 Å². The van der Waals surface area contributed by atoms with Crippen LogP contribution in [0, 0.1) is 22.7 Å². The van der Waals surface area contributed by atoms with Gasteiger partial charge in [-0.3, -0.25) is 0 Å². The van der Waals surface area contributed by atoms with Gasteiger partial charge in [0.2, 0.25) is 0 Å². The number of nitriles is 2. The minimum Gasteiger partial charge on any atom is -0.493 e. The van der Waals surface area contributed by atoms with Crippen molar-refractivity contribution in [3.63, 3.8) is 0 Å². The second kappa shape index (κ2) is 32.3. The number of carboxylic acid groups (broad SMARTS) is 2. The molecule has 0 atom stereocenters. The molecule has 432 valence electrons. The van der Waals surface area contributed by atoms with Crippen molar-refractivity contribution < 1.29 is 38.7 Å². The predicted octanol–water partition coefficient (Wildman–Crippen LogP) is 15.5. The molecule has 2 aromatic heterocycles. The lowest BCUT2D eigenvalue weighted by atomic mass is 10.1. The Kier molecular flexibility index (Phi) is 23.9. The number of benzene rings is 5. The number of anilines is 3. The number of rotatable bonds is 35. The minimum absolute atomic E-state index is 0.402. The molecule has 0 aliphatic carbocycles. The summed E-state index contributed by atoms with van der Waals surface area (Å²) >= 11 is 0. The van der Waals surface area contributed by atoms with Gasteiger partial charge in [-0.1, -0.05) is 158 Å². The summed E-state index contributed by atoms with van der Waals surface area (Å²) in [6, 6.07) is 36.7. The molecule has 2 N–H and O–H groups in total. The van der Waals surface area contributed by atoms with Crippen LogP contribution in [-0.2, 0) is 9.59 Å². The Balaban J connectivity index is 1.18. The van der Waals surface area contributed by atoms with E-state index in [1.54, 1.807) is 45.8 Å². The molecule has 7 rings (SSSR count). The Morgan fingerprint density at radius 3 is 1.17 bits per heavy atom. The van der Waals surface area contributed by atoms with E-state index in [0.29, 0.717) is 83.3 Å². The van der Waals surface area contributed by atoms with Gasteiger partial charge < -0.3 is 34.1 Å². The summed E-state index contributed by atoms with van der Waals surface area (Å²) in [5, 5.41) is 57.2. The standard InChI is InChI=1S/C66H75N9O8/c1-5-9-13-20-34-80-61-42-59(63(82-36-22-15-11-7-3)40-50(61)38-52(44-67)65(76)77)73-46-57(69-71-73)48-26-30-55(31-27-48)75(54-24-18-17-19-25-54)56-32-28-49(29-33-56)58-47-74(72-70-58)60-43-62(81-35-21-14-10-6-2)51(39-53(45-68)66(78)79)41-64(60)83-37-23-16-12-8-4/h17-19,24-33,38-43,46-47H,5-16,20-23,34-37H2,1-4H3,(H,76,77)(H,78,79)/b52-38+,53-39+. The number of para-hydroxylation sites is 1. The maximum absolute atomic E-state index is 12.0. The molecule has 0 unspecified atom stereocenters. The highest BCUT2D eigenvalue weighted by Crippen LogP contribution is 2.39. The number of hydrogen-bond acceptors (Lipinski definition) is 13. The van der Waals surface area contributed by atoms with Crippen molar-refractivity contribution in [2.24, 2.45) is 0 Å². The quantitative estimate of drug-likeness (QED) is 0.0214. The zero-order valence-corrected chi connectivity index (χ0v) is 48.1. The third kappa shape index (κ3) is 17.4. The first-order valence-corrected chi connectivity index (χ1v) is 29.1. The van der Waals surface area contributed by atoms with Crippen molar-refractivity contribution in [3.8, 4) is 69.0 Å². The lowest BCUT2D eigenvalue weighted by molar-refractivity contribution is -0.133. The molecule has 0 fully saturated rings. The summed E-state index contributed by atoms with van der Waals surface area (Å²) in [7, 11) is 0. The largest absolute Gasteiger partial charge is 0.493 e. The monoisotopic (exact) mass is 1120 g/mol. The lowest BCUT2D eigenvalue weighted by Crippen LogP contribution is -2.09. The van der Waals surface area contributed by atoms with E-state index in [-0.39, 0.29) is 0 Å². The van der Waals surface area contributed by atoms with E-state index < -0.39 is 23.1 Å². The van der Waals surface area contributed by atoms with Crippen LogP contribution in [0.3, 0.4) is 0 Å². The number of nitrogens with zero attached hydrogens (tertiary/aromatic N) is 9. The van der Waals surface area contributed by atoms with Crippen LogP contribution >= 0.6 is 0 Å². The van der Waals surface area contributed by atoms with Gasteiger partial charge in [0, 0.05) is 51.4 Å². The zero-order chi connectivity index (χ0) is 58.8. The summed E-state index contributed by atoms with van der Waals surface area (Å²) in [6.07, 6.45) is 22.1. The van der Waals surface area contributed by atoms with Crippen LogP contribution in [0.2, 0.25) is 0 Å². The number of ether oxygens (including phenoxy) is 4. The molecule has 17 nitrogen and oxygen atoms in total. The topological polar surface area (TPSA) is 224 Å². The molecule has 0 aliphatic heterocycles. The molecule has 0 aliphatic rings. The molecule has 2 heterocycles. The summed E-state index contributed by atoms with van der Waals surface area (Å²) in [6.45, 7) is 10.2. The number of hydrogen-bond donors (Lipinski definition) is 2. The number of aromatic nitrogens is 6. The molecular formula is C66H75N9O8. The Bertz CT molecular complexity index is 3150. The SMILES string of the molecule is CCCCCCOc1cc(-n2cc(-c3ccc(N(c4ccccc4)c4ccc(-c5cn(-c6cc(OCCCCCC)c(/C=C(\C#N)C(=O)O)cc6OCCCCCC)nn5)cc4)cc3)nn2)c(OCCCCCC)cc1/C=C(\C#N)C(=O)O. The molecule has 17 heteroatoms. The summed E-state index contributed by atoms with van der Waals surface area (Å²) in [5.74, 6) is -0.966. The third-order valence-corrected chi connectivity index (χ3v) is 13.8. The molecule has 0 bridgehead atoms. The Labute approximate surface area is 487 Å². The van der Waals surface area contributed by atoms with Gasteiger partial charge >= 0.3 is 11.9 Å². The fourth-order valence-corrected chi connectivity index (χ4v) is 9.25. The van der Waals surface area contributed by atoms with Crippen molar-refractivity contribution in [1.29, 1.82) is 10.5 Å². The predicted molar refractivity (Wildman–Crippen MR) is 323 cm³/mol. The van der Waals surface area contributed by atoms with Gasteiger partial charge in [0.1, 0.15) is 69.0 Å². The fraction of sp³-hybridized carbons (Fsp3) is 0.364. The maximum atomic E-state index is 12.0. The highest BCUT2D eigenvalue weighted by molar-refractivity contribution is 5.98. The molecule has 0 saturated carbocycles. The molecular weight excluding hydrogens is 1050 g/mol. The average Bonchev–Trinajstić information content (AvgIpc) is 4.27. The maximum Gasteiger partial charge on any atom is 0.346 e. The van der Waals surface area contributed by atoms with Crippen LogP contribution < -0.4 is 23.8 Å². The first-order chi connectivity index (χ1) is 40.6. The number of unbranched alkanes of at least 4 members (excludes halogenated alkanes) is 12.